The van der Waals surface area contributed by atoms with Crippen molar-refractivity contribution in [2.45, 2.75) is 39.3 Å². The first-order valence-electron chi connectivity index (χ1n) is 6.90. The molecule has 1 aromatic carbocycles. The largest absolute Gasteiger partial charge is 0.342 e. The third-order valence-electron chi connectivity index (χ3n) is 3.50. The van der Waals surface area contributed by atoms with Gasteiger partial charge in [-0.25, -0.2) is 4.39 Å². The minimum atomic E-state index is -0.796. The molecule has 1 heterocycles. The van der Waals surface area contributed by atoms with Crippen molar-refractivity contribution in [3.05, 3.63) is 29.0 Å². The number of anilines is 1. The number of halogens is 2. The predicted molar refractivity (Wildman–Crippen MR) is 79.7 cm³/mol. The molecule has 6 heteroatoms. The van der Waals surface area contributed by atoms with Gasteiger partial charge >= 0.3 is 0 Å². The average Bonchev–Trinajstić information content (AvgIpc) is 2.39. The van der Waals surface area contributed by atoms with E-state index in [9.17, 15) is 14.0 Å². The molecular weight excluding hydrogens is 295 g/mol. The summed E-state index contributed by atoms with van der Waals surface area (Å²) in [5, 5.41) is 2.81. The smallest absolute Gasteiger partial charge is 0.250 e. The zero-order valence-electron chi connectivity index (χ0n) is 12.2. The van der Waals surface area contributed by atoms with E-state index in [-0.39, 0.29) is 28.4 Å². The van der Waals surface area contributed by atoms with Crippen molar-refractivity contribution in [3.63, 3.8) is 0 Å². The molecule has 1 fully saturated rings. The van der Waals surface area contributed by atoms with Gasteiger partial charge in [0.1, 0.15) is 17.9 Å². The molecule has 2 atom stereocenters. The number of rotatable bonds is 3. The lowest BCUT2D eigenvalue weighted by atomic mass is 9.98. The Balaban J connectivity index is 2.44. The molecule has 0 saturated carbocycles. The van der Waals surface area contributed by atoms with Gasteiger partial charge in [0.2, 0.25) is 11.8 Å². The van der Waals surface area contributed by atoms with Crippen molar-refractivity contribution in [2.24, 2.45) is 5.92 Å². The van der Waals surface area contributed by atoms with Crippen LogP contribution in [0.1, 0.15) is 27.2 Å². The fourth-order valence-corrected chi connectivity index (χ4v) is 2.74. The number of benzene rings is 1. The van der Waals surface area contributed by atoms with E-state index < -0.39 is 17.9 Å². The summed E-state index contributed by atoms with van der Waals surface area (Å²) < 4.78 is 14.1. The van der Waals surface area contributed by atoms with Crippen LogP contribution in [-0.4, -0.2) is 23.9 Å². The van der Waals surface area contributed by atoms with Crippen LogP contribution >= 0.6 is 11.6 Å². The molecule has 1 aliphatic rings. The van der Waals surface area contributed by atoms with Crippen molar-refractivity contribution < 1.29 is 14.0 Å². The Hall–Kier alpha value is -1.62. The summed E-state index contributed by atoms with van der Waals surface area (Å²) in [6.07, 6.45) is 0.500. The first-order chi connectivity index (χ1) is 9.82. The molecule has 0 radical (unpaired) electrons. The summed E-state index contributed by atoms with van der Waals surface area (Å²) in [4.78, 5) is 25.8. The number of nitrogens with one attached hydrogen (secondary N) is 1. The van der Waals surface area contributed by atoms with E-state index in [1.807, 2.05) is 13.8 Å². The average molecular weight is 313 g/mol. The normalized spacial score (nSPS) is 22.7. The maximum Gasteiger partial charge on any atom is 0.250 e. The number of carbonyl (C=O) groups is 2. The highest BCUT2D eigenvalue weighted by Gasteiger charge is 2.40. The first kappa shape index (κ1) is 15.8. The molecule has 1 aromatic rings. The molecule has 0 aliphatic carbocycles. The second-order valence-corrected chi connectivity index (χ2v) is 6.05. The van der Waals surface area contributed by atoms with Crippen molar-refractivity contribution in [1.82, 2.24) is 5.32 Å². The summed E-state index contributed by atoms with van der Waals surface area (Å²) in [7, 11) is 0. The van der Waals surface area contributed by atoms with Crippen LogP contribution in [0.4, 0.5) is 10.1 Å². The fraction of sp³-hybridized carbons (Fsp3) is 0.467. The molecule has 21 heavy (non-hydrogen) atoms. The summed E-state index contributed by atoms with van der Waals surface area (Å²) in [5.74, 6) is -1.02. The molecule has 1 saturated heterocycles. The Kier molecular flexibility index (Phi) is 4.52. The highest BCUT2D eigenvalue weighted by atomic mass is 35.5. The van der Waals surface area contributed by atoms with Gasteiger partial charge < -0.3 is 5.32 Å². The standard InChI is InChI=1S/C15H18ClFN2O2/c1-8(2)7-12-15(21)19(9(3)14(20)18-12)13-10(16)5-4-6-11(13)17/h4-6,8-9,12H,7H2,1-3H3,(H,18,20). The van der Waals surface area contributed by atoms with Gasteiger partial charge in [0.15, 0.2) is 0 Å². The second-order valence-electron chi connectivity index (χ2n) is 5.65. The number of piperazine rings is 1. The van der Waals surface area contributed by atoms with E-state index in [1.54, 1.807) is 6.92 Å². The molecule has 2 rings (SSSR count). The van der Waals surface area contributed by atoms with Crippen LogP contribution in [0.3, 0.4) is 0 Å². The summed E-state index contributed by atoms with van der Waals surface area (Å²) in [5.41, 5.74) is -0.0275. The van der Waals surface area contributed by atoms with Crippen LogP contribution in [0.15, 0.2) is 18.2 Å². The molecule has 4 nitrogen and oxygen atoms in total. The van der Waals surface area contributed by atoms with E-state index in [1.165, 1.54) is 23.1 Å². The zero-order chi connectivity index (χ0) is 15.7. The number of para-hydroxylation sites is 1. The van der Waals surface area contributed by atoms with E-state index in [0.717, 1.165) is 0 Å². The molecule has 2 unspecified atom stereocenters. The van der Waals surface area contributed by atoms with Crippen molar-refractivity contribution in [1.29, 1.82) is 0 Å². The number of hydrogen-bond acceptors (Lipinski definition) is 2. The van der Waals surface area contributed by atoms with Gasteiger partial charge in [0, 0.05) is 0 Å². The molecular formula is C15H18ClFN2O2. The van der Waals surface area contributed by atoms with Gasteiger partial charge in [-0.3, -0.25) is 14.5 Å². The fourth-order valence-electron chi connectivity index (χ4n) is 2.48. The van der Waals surface area contributed by atoms with Crippen LogP contribution in [0.2, 0.25) is 5.02 Å². The van der Waals surface area contributed by atoms with Gasteiger partial charge in [-0.2, -0.15) is 0 Å². The van der Waals surface area contributed by atoms with Crippen molar-refractivity contribution in [2.75, 3.05) is 4.90 Å². The molecule has 1 N–H and O–H groups in total. The number of nitrogens with zero attached hydrogens (tertiary/aromatic N) is 1. The zero-order valence-corrected chi connectivity index (χ0v) is 12.9. The molecule has 0 bridgehead atoms. The number of carbonyl (C=O) groups excluding carboxylic acids is 2. The van der Waals surface area contributed by atoms with Gasteiger partial charge in [-0.1, -0.05) is 31.5 Å². The number of amides is 2. The minimum Gasteiger partial charge on any atom is -0.342 e. The van der Waals surface area contributed by atoms with E-state index >= 15 is 0 Å². The molecule has 114 valence electrons. The second kappa shape index (κ2) is 6.02. The molecule has 0 aromatic heterocycles. The third-order valence-corrected chi connectivity index (χ3v) is 3.81. The lowest BCUT2D eigenvalue weighted by molar-refractivity contribution is -0.133. The Labute approximate surface area is 128 Å². The first-order valence-corrected chi connectivity index (χ1v) is 7.28. The monoisotopic (exact) mass is 312 g/mol. The van der Waals surface area contributed by atoms with Gasteiger partial charge in [-0.05, 0) is 31.4 Å². The third kappa shape index (κ3) is 3.02. The molecule has 2 amide bonds. The Morgan fingerprint density at radius 1 is 1.38 bits per heavy atom. The summed E-state index contributed by atoms with van der Waals surface area (Å²) >= 11 is 6.03. The van der Waals surface area contributed by atoms with Crippen molar-refractivity contribution >= 4 is 29.1 Å². The lowest BCUT2D eigenvalue weighted by Gasteiger charge is -2.38. The predicted octanol–water partition coefficient (Wildman–Crippen LogP) is 2.75. The lowest BCUT2D eigenvalue weighted by Crippen LogP contribution is -2.63. The van der Waals surface area contributed by atoms with Gasteiger partial charge in [0.05, 0.1) is 10.7 Å². The van der Waals surface area contributed by atoms with E-state index in [2.05, 4.69) is 5.32 Å². The SMILES string of the molecule is CC(C)CC1NC(=O)C(C)N(c2c(F)cccc2Cl)C1=O. The Morgan fingerprint density at radius 3 is 2.62 bits per heavy atom. The van der Waals surface area contributed by atoms with E-state index in [4.69, 9.17) is 11.6 Å². The van der Waals surface area contributed by atoms with E-state index in [0.29, 0.717) is 6.42 Å². The maximum absolute atomic E-state index is 14.1. The highest BCUT2D eigenvalue weighted by Crippen LogP contribution is 2.32. The molecule has 0 spiro atoms. The minimum absolute atomic E-state index is 0.0275. The number of hydrogen-bond donors (Lipinski definition) is 1. The van der Waals surface area contributed by atoms with Crippen LogP contribution in [-0.2, 0) is 9.59 Å². The summed E-state index contributed by atoms with van der Waals surface area (Å²) in [6, 6.07) is 2.75. The van der Waals surface area contributed by atoms with Crippen LogP contribution in [0, 0.1) is 11.7 Å². The molecule has 1 aliphatic heterocycles. The Bertz CT molecular complexity index is 557. The van der Waals surface area contributed by atoms with Crippen molar-refractivity contribution in [3.8, 4) is 0 Å². The van der Waals surface area contributed by atoms with Gasteiger partial charge in [-0.15, -0.1) is 0 Å². The maximum atomic E-state index is 14.1. The van der Waals surface area contributed by atoms with Crippen LogP contribution < -0.4 is 10.2 Å². The quantitative estimate of drug-likeness (QED) is 0.933. The van der Waals surface area contributed by atoms with Gasteiger partial charge in [0.25, 0.3) is 0 Å². The van der Waals surface area contributed by atoms with Crippen LogP contribution in [0.25, 0.3) is 0 Å². The van der Waals surface area contributed by atoms with Crippen LogP contribution in [0.5, 0.6) is 0 Å². The Morgan fingerprint density at radius 2 is 2.05 bits per heavy atom. The summed E-state index contributed by atoms with van der Waals surface area (Å²) in [6.45, 7) is 5.47. The topological polar surface area (TPSA) is 49.4 Å². The highest BCUT2D eigenvalue weighted by molar-refractivity contribution is 6.34.